The van der Waals surface area contributed by atoms with Gasteiger partial charge in [-0.25, -0.2) is 9.67 Å². The van der Waals surface area contributed by atoms with Crippen molar-refractivity contribution in [2.45, 2.75) is 40.7 Å². The summed E-state index contributed by atoms with van der Waals surface area (Å²) in [6.07, 6.45) is 1.52. The Morgan fingerprint density at radius 2 is 1.76 bits per heavy atom. The first-order valence-corrected chi connectivity index (χ1v) is 9.47. The molecule has 0 spiro atoms. The Hall–Kier alpha value is -3.48. The largest absolute Gasteiger partial charge is 0.350 e. The van der Waals surface area contributed by atoms with Gasteiger partial charge in [0.2, 0.25) is 0 Å². The number of nitrogens with one attached hydrogen (secondary N) is 2. The number of carbonyl (C=O) groups excluding carboxylic acids is 2. The zero-order valence-corrected chi connectivity index (χ0v) is 17.3. The smallest absolute Gasteiger partial charge is 0.257 e. The van der Waals surface area contributed by atoms with Crippen LogP contribution in [0.15, 0.2) is 42.6 Å². The minimum atomic E-state index is -0.295. The predicted molar refractivity (Wildman–Crippen MR) is 113 cm³/mol. The predicted octanol–water partition coefficient (Wildman–Crippen LogP) is 3.58. The number of benzene rings is 1. The highest BCUT2D eigenvalue weighted by molar-refractivity contribution is 6.05. The zero-order chi connectivity index (χ0) is 21.1. The van der Waals surface area contributed by atoms with Gasteiger partial charge in [-0.1, -0.05) is 6.07 Å². The van der Waals surface area contributed by atoms with Crippen LogP contribution >= 0.6 is 0 Å². The van der Waals surface area contributed by atoms with E-state index in [0.29, 0.717) is 22.6 Å². The molecule has 0 aliphatic rings. The standard InChI is InChI=1S/C22H25N5O2/c1-13(2)24-22(29)19-11-18(8-6-14(19)3)25-21(28)17-7-9-20(23-12-17)27-16(5)10-15(4)26-27/h6-13H,1-5H3,(H,24,29)(H,25,28). The van der Waals surface area contributed by atoms with Gasteiger partial charge in [0.05, 0.1) is 11.3 Å². The number of anilines is 1. The highest BCUT2D eigenvalue weighted by Crippen LogP contribution is 2.17. The molecule has 0 aliphatic carbocycles. The van der Waals surface area contributed by atoms with Crippen molar-refractivity contribution in [3.63, 3.8) is 0 Å². The van der Waals surface area contributed by atoms with Crippen molar-refractivity contribution >= 4 is 17.5 Å². The van der Waals surface area contributed by atoms with Crippen LogP contribution in [0.25, 0.3) is 5.82 Å². The first-order chi connectivity index (χ1) is 13.7. The topological polar surface area (TPSA) is 88.9 Å². The number of rotatable bonds is 5. The van der Waals surface area contributed by atoms with Crippen LogP contribution < -0.4 is 10.6 Å². The van der Waals surface area contributed by atoms with Crippen LogP contribution in [0.4, 0.5) is 5.69 Å². The second-order valence-electron chi connectivity index (χ2n) is 7.36. The Morgan fingerprint density at radius 1 is 1.00 bits per heavy atom. The minimum Gasteiger partial charge on any atom is -0.350 e. The molecule has 150 valence electrons. The van der Waals surface area contributed by atoms with Gasteiger partial charge < -0.3 is 10.6 Å². The molecule has 2 heterocycles. The summed E-state index contributed by atoms with van der Waals surface area (Å²) in [5.41, 5.74) is 4.23. The first kappa shape index (κ1) is 20.3. The van der Waals surface area contributed by atoms with Gasteiger partial charge in [0.15, 0.2) is 5.82 Å². The molecule has 7 nitrogen and oxygen atoms in total. The molecule has 0 radical (unpaired) electrons. The van der Waals surface area contributed by atoms with E-state index < -0.39 is 0 Å². The number of aromatic nitrogens is 3. The second-order valence-corrected chi connectivity index (χ2v) is 7.36. The summed E-state index contributed by atoms with van der Waals surface area (Å²) in [5, 5.41) is 10.1. The van der Waals surface area contributed by atoms with Crippen molar-refractivity contribution in [3.05, 3.63) is 70.7 Å². The lowest BCUT2D eigenvalue weighted by molar-refractivity contribution is 0.0941. The maximum Gasteiger partial charge on any atom is 0.257 e. The van der Waals surface area contributed by atoms with Crippen LogP contribution in [0.2, 0.25) is 0 Å². The molecule has 0 aliphatic heterocycles. The monoisotopic (exact) mass is 391 g/mol. The molecule has 29 heavy (non-hydrogen) atoms. The number of amides is 2. The maximum absolute atomic E-state index is 12.6. The quantitative estimate of drug-likeness (QED) is 0.696. The number of hydrogen-bond donors (Lipinski definition) is 2. The summed E-state index contributed by atoms with van der Waals surface area (Å²) in [6, 6.07) is 10.7. The van der Waals surface area contributed by atoms with Crippen molar-refractivity contribution < 1.29 is 9.59 Å². The fourth-order valence-corrected chi connectivity index (χ4v) is 2.99. The van der Waals surface area contributed by atoms with Gasteiger partial charge in [0.25, 0.3) is 11.8 Å². The molecule has 0 unspecified atom stereocenters. The molecule has 2 amide bonds. The molecule has 3 rings (SSSR count). The van der Waals surface area contributed by atoms with E-state index in [0.717, 1.165) is 17.0 Å². The fourth-order valence-electron chi connectivity index (χ4n) is 2.99. The summed E-state index contributed by atoms with van der Waals surface area (Å²) in [5.74, 6) is 0.191. The molecule has 1 aromatic carbocycles. The lowest BCUT2D eigenvalue weighted by Gasteiger charge is -2.12. The van der Waals surface area contributed by atoms with Crippen molar-refractivity contribution in [1.82, 2.24) is 20.1 Å². The molecular weight excluding hydrogens is 366 g/mol. The SMILES string of the molecule is Cc1cc(C)n(-c2ccc(C(=O)Nc3ccc(C)c(C(=O)NC(C)C)c3)cn2)n1. The molecule has 2 N–H and O–H groups in total. The van der Waals surface area contributed by atoms with Crippen LogP contribution in [-0.4, -0.2) is 32.6 Å². The van der Waals surface area contributed by atoms with E-state index in [-0.39, 0.29) is 17.9 Å². The molecule has 0 fully saturated rings. The number of pyridine rings is 1. The van der Waals surface area contributed by atoms with E-state index in [4.69, 9.17) is 0 Å². The van der Waals surface area contributed by atoms with Crippen LogP contribution in [0.1, 0.15) is 51.5 Å². The molecule has 0 bridgehead atoms. The Morgan fingerprint density at radius 3 is 2.34 bits per heavy atom. The van der Waals surface area contributed by atoms with E-state index in [9.17, 15) is 9.59 Å². The Labute approximate surface area is 170 Å². The molecule has 2 aromatic heterocycles. The third-order valence-electron chi connectivity index (χ3n) is 4.40. The number of hydrogen-bond acceptors (Lipinski definition) is 4. The highest BCUT2D eigenvalue weighted by atomic mass is 16.2. The summed E-state index contributed by atoms with van der Waals surface area (Å²) in [4.78, 5) is 29.3. The van der Waals surface area contributed by atoms with Crippen molar-refractivity contribution in [2.24, 2.45) is 0 Å². The summed E-state index contributed by atoms with van der Waals surface area (Å²) in [7, 11) is 0. The summed E-state index contributed by atoms with van der Waals surface area (Å²) >= 11 is 0. The molecule has 7 heteroatoms. The van der Waals surface area contributed by atoms with Gasteiger partial charge in [-0.05, 0) is 70.5 Å². The van der Waals surface area contributed by atoms with E-state index in [1.54, 1.807) is 28.9 Å². The van der Waals surface area contributed by atoms with Gasteiger partial charge in [-0.15, -0.1) is 0 Å². The third-order valence-corrected chi connectivity index (χ3v) is 4.40. The summed E-state index contributed by atoms with van der Waals surface area (Å²) < 4.78 is 1.73. The number of aryl methyl sites for hydroxylation is 3. The van der Waals surface area contributed by atoms with E-state index in [1.807, 2.05) is 46.8 Å². The van der Waals surface area contributed by atoms with Crippen LogP contribution in [0.3, 0.4) is 0 Å². The van der Waals surface area contributed by atoms with Gasteiger partial charge in [-0.3, -0.25) is 9.59 Å². The van der Waals surface area contributed by atoms with E-state index >= 15 is 0 Å². The van der Waals surface area contributed by atoms with Gasteiger partial charge in [-0.2, -0.15) is 5.10 Å². The van der Waals surface area contributed by atoms with Gasteiger partial charge >= 0.3 is 0 Å². The molecule has 0 saturated carbocycles. The van der Waals surface area contributed by atoms with Crippen molar-refractivity contribution in [2.75, 3.05) is 5.32 Å². The lowest BCUT2D eigenvalue weighted by Crippen LogP contribution is -2.30. The van der Waals surface area contributed by atoms with E-state index in [1.165, 1.54) is 6.20 Å². The van der Waals surface area contributed by atoms with Crippen LogP contribution in [0.5, 0.6) is 0 Å². The van der Waals surface area contributed by atoms with Gasteiger partial charge in [0.1, 0.15) is 0 Å². The molecule has 3 aromatic rings. The molecular formula is C22H25N5O2. The third kappa shape index (κ3) is 4.68. The maximum atomic E-state index is 12.6. The first-order valence-electron chi connectivity index (χ1n) is 9.47. The Balaban J connectivity index is 1.76. The summed E-state index contributed by atoms with van der Waals surface area (Å²) in [6.45, 7) is 9.54. The average Bonchev–Trinajstić information content (AvgIpc) is 3.01. The normalized spacial score (nSPS) is 10.8. The Kier molecular flexibility index (Phi) is 5.77. The van der Waals surface area contributed by atoms with Crippen molar-refractivity contribution in [1.29, 1.82) is 0 Å². The minimum absolute atomic E-state index is 0.0342. The molecule has 0 saturated heterocycles. The highest BCUT2D eigenvalue weighted by Gasteiger charge is 2.13. The number of nitrogens with zero attached hydrogens (tertiary/aromatic N) is 3. The zero-order valence-electron chi connectivity index (χ0n) is 17.3. The Bertz CT molecular complexity index is 1050. The van der Waals surface area contributed by atoms with E-state index in [2.05, 4.69) is 20.7 Å². The van der Waals surface area contributed by atoms with Crippen LogP contribution in [0, 0.1) is 20.8 Å². The number of carbonyl (C=O) groups is 2. The second kappa shape index (κ2) is 8.26. The lowest BCUT2D eigenvalue weighted by atomic mass is 10.1. The van der Waals surface area contributed by atoms with Gasteiger partial charge in [0, 0.05) is 29.2 Å². The van der Waals surface area contributed by atoms with Crippen LogP contribution in [-0.2, 0) is 0 Å². The molecule has 0 atom stereocenters. The average molecular weight is 391 g/mol. The fraction of sp³-hybridized carbons (Fsp3) is 0.273. The van der Waals surface area contributed by atoms with Crippen molar-refractivity contribution in [3.8, 4) is 5.82 Å².